The van der Waals surface area contributed by atoms with Gasteiger partial charge in [0.1, 0.15) is 5.82 Å². The van der Waals surface area contributed by atoms with Crippen molar-refractivity contribution in [2.75, 3.05) is 49.1 Å². The Labute approximate surface area is 153 Å². The molecule has 2 aromatic heterocycles. The Morgan fingerprint density at radius 1 is 0.808 bits per heavy atom. The lowest BCUT2D eigenvalue weighted by Gasteiger charge is -2.39. The van der Waals surface area contributed by atoms with Crippen LogP contribution in [0.15, 0.2) is 42.9 Å². The van der Waals surface area contributed by atoms with Crippen LogP contribution < -0.4 is 9.80 Å². The number of carbonyl (C=O) groups excluding carboxylic acids is 1. The lowest BCUT2D eigenvalue weighted by molar-refractivity contribution is -0.136. The number of rotatable bonds is 3. The standard InChI is InChI=1S/C19H24N6O/c26-18(16-5-10-25(11-6-16)19-21-8-3-9-22-19)24-14-12-23(13-15-24)17-4-1-2-7-20-17/h1-4,7-9,16H,5-6,10-15H2. The summed E-state index contributed by atoms with van der Waals surface area (Å²) in [5, 5.41) is 0. The van der Waals surface area contributed by atoms with E-state index in [1.54, 1.807) is 12.4 Å². The SMILES string of the molecule is O=C(C1CCN(c2ncccn2)CC1)N1CCN(c2ccccn2)CC1. The molecule has 0 aromatic carbocycles. The number of aromatic nitrogens is 3. The number of piperidine rings is 1. The van der Waals surface area contributed by atoms with Gasteiger partial charge < -0.3 is 14.7 Å². The van der Waals surface area contributed by atoms with E-state index >= 15 is 0 Å². The summed E-state index contributed by atoms with van der Waals surface area (Å²) in [5.74, 6) is 2.19. The molecular weight excluding hydrogens is 328 g/mol. The van der Waals surface area contributed by atoms with E-state index in [0.717, 1.165) is 63.9 Å². The van der Waals surface area contributed by atoms with E-state index in [1.807, 2.05) is 35.4 Å². The van der Waals surface area contributed by atoms with Gasteiger partial charge in [-0.1, -0.05) is 6.07 Å². The zero-order valence-electron chi connectivity index (χ0n) is 14.9. The fourth-order valence-corrected chi connectivity index (χ4v) is 3.74. The first-order valence-electron chi connectivity index (χ1n) is 9.28. The molecule has 2 aromatic rings. The van der Waals surface area contributed by atoms with E-state index in [-0.39, 0.29) is 5.92 Å². The molecule has 4 heterocycles. The average molecular weight is 352 g/mol. The van der Waals surface area contributed by atoms with E-state index in [0.29, 0.717) is 5.91 Å². The number of pyridine rings is 1. The Hall–Kier alpha value is -2.70. The molecule has 26 heavy (non-hydrogen) atoms. The molecule has 0 aliphatic carbocycles. The van der Waals surface area contributed by atoms with Crippen LogP contribution in [0.5, 0.6) is 0 Å². The zero-order chi connectivity index (χ0) is 17.8. The van der Waals surface area contributed by atoms with Gasteiger partial charge >= 0.3 is 0 Å². The van der Waals surface area contributed by atoms with Gasteiger partial charge in [0.25, 0.3) is 0 Å². The molecule has 4 rings (SSSR count). The molecule has 136 valence electrons. The number of hydrogen-bond acceptors (Lipinski definition) is 6. The zero-order valence-corrected chi connectivity index (χ0v) is 14.9. The third-order valence-corrected chi connectivity index (χ3v) is 5.24. The second kappa shape index (κ2) is 7.68. The summed E-state index contributed by atoms with van der Waals surface area (Å²) < 4.78 is 0. The first kappa shape index (κ1) is 16.8. The van der Waals surface area contributed by atoms with Crippen molar-refractivity contribution in [2.45, 2.75) is 12.8 Å². The first-order chi connectivity index (χ1) is 12.8. The summed E-state index contributed by atoms with van der Waals surface area (Å²) in [4.78, 5) is 32.3. The maximum Gasteiger partial charge on any atom is 0.225 e. The minimum absolute atomic E-state index is 0.122. The number of anilines is 2. The van der Waals surface area contributed by atoms with E-state index in [4.69, 9.17) is 0 Å². The highest BCUT2D eigenvalue weighted by molar-refractivity contribution is 5.79. The Balaban J connectivity index is 1.28. The molecule has 0 spiro atoms. The fraction of sp³-hybridized carbons (Fsp3) is 0.474. The Morgan fingerprint density at radius 3 is 2.15 bits per heavy atom. The van der Waals surface area contributed by atoms with Crippen LogP contribution in [0.1, 0.15) is 12.8 Å². The third-order valence-electron chi connectivity index (χ3n) is 5.24. The molecule has 2 saturated heterocycles. The maximum absolute atomic E-state index is 12.9. The molecular formula is C19H24N6O. The molecule has 2 aliphatic rings. The number of piperazine rings is 1. The third kappa shape index (κ3) is 3.61. The van der Waals surface area contributed by atoms with Gasteiger partial charge in [-0.2, -0.15) is 0 Å². The lowest BCUT2D eigenvalue weighted by atomic mass is 9.95. The summed E-state index contributed by atoms with van der Waals surface area (Å²) in [6.07, 6.45) is 7.09. The molecule has 0 bridgehead atoms. The first-order valence-corrected chi connectivity index (χ1v) is 9.28. The lowest BCUT2D eigenvalue weighted by Crippen LogP contribution is -2.52. The summed E-state index contributed by atoms with van der Waals surface area (Å²) in [5.41, 5.74) is 0. The summed E-state index contributed by atoms with van der Waals surface area (Å²) >= 11 is 0. The second-order valence-electron chi connectivity index (χ2n) is 6.81. The minimum atomic E-state index is 0.122. The quantitative estimate of drug-likeness (QED) is 0.833. The highest BCUT2D eigenvalue weighted by Crippen LogP contribution is 2.23. The van der Waals surface area contributed by atoms with E-state index < -0.39 is 0 Å². The fourth-order valence-electron chi connectivity index (χ4n) is 3.74. The van der Waals surface area contributed by atoms with Crippen LogP contribution in [-0.4, -0.2) is 65.0 Å². The van der Waals surface area contributed by atoms with Crippen molar-refractivity contribution in [1.29, 1.82) is 0 Å². The van der Waals surface area contributed by atoms with Gasteiger partial charge in [0.15, 0.2) is 0 Å². The van der Waals surface area contributed by atoms with Gasteiger partial charge in [0, 0.05) is 63.8 Å². The smallest absolute Gasteiger partial charge is 0.225 e. The van der Waals surface area contributed by atoms with Crippen molar-refractivity contribution < 1.29 is 4.79 Å². The highest BCUT2D eigenvalue weighted by Gasteiger charge is 2.31. The van der Waals surface area contributed by atoms with Gasteiger partial charge in [0.2, 0.25) is 11.9 Å². The van der Waals surface area contributed by atoms with Crippen molar-refractivity contribution in [1.82, 2.24) is 19.9 Å². The van der Waals surface area contributed by atoms with E-state index in [2.05, 4.69) is 24.8 Å². The van der Waals surface area contributed by atoms with Crippen LogP contribution in [0.25, 0.3) is 0 Å². The molecule has 0 radical (unpaired) electrons. The van der Waals surface area contributed by atoms with Gasteiger partial charge in [-0.05, 0) is 31.0 Å². The van der Waals surface area contributed by atoms with Gasteiger partial charge in [-0.3, -0.25) is 4.79 Å². The Kier molecular flexibility index (Phi) is 4.95. The van der Waals surface area contributed by atoms with Crippen LogP contribution in [0.3, 0.4) is 0 Å². The average Bonchev–Trinajstić information content (AvgIpc) is 2.75. The number of amides is 1. The summed E-state index contributed by atoms with van der Waals surface area (Å²) in [6, 6.07) is 7.78. The molecule has 0 atom stereocenters. The topological polar surface area (TPSA) is 65.5 Å². The van der Waals surface area contributed by atoms with Crippen LogP contribution in [0.4, 0.5) is 11.8 Å². The Bertz CT molecular complexity index is 648. The molecule has 7 heteroatoms. The van der Waals surface area contributed by atoms with Crippen LogP contribution in [0.2, 0.25) is 0 Å². The molecule has 2 aliphatic heterocycles. The predicted octanol–water partition coefficient (Wildman–Crippen LogP) is 1.44. The van der Waals surface area contributed by atoms with Crippen molar-refractivity contribution in [3.8, 4) is 0 Å². The molecule has 0 N–H and O–H groups in total. The number of nitrogens with zero attached hydrogens (tertiary/aromatic N) is 6. The van der Waals surface area contributed by atoms with Crippen molar-refractivity contribution in [3.63, 3.8) is 0 Å². The molecule has 0 saturated carbocycles. The van der Waals surface area contributed by atoms with Gasteiger partial charge in [0.05, 0.1) is 0 Å². The van der Waals surface area contributed by atoms with Crippen molar-refractivity contribution in [2.24, 2.45) is 5.92 Å². The van der Waals surface area contributed by atoms with Crippen molar-refractivity contribution in [3.05, 3.63) is 42.9 Å². The number of carbonyl (C=O) groups is 1. The van der Waals surface area contributed by atoms with Gasteiger partial charge in [-0.15, -0.1) is 0 Å². The summed E-state index contributed by atoms with van der Waals surface area (Å²) in [7, 11) is 0. The molecule has 2 fully saturated rings. The van der Waals surface area contributed by atoms with Crippen LogP contribution in [0, 0.1) is 5.92 Å². The normalized spacial score (nSPS) is 18.8. The summed E-state index contributed by atoms with van der Waals surface area (Å²) in [6.45, 7) is 4.93. The second-order valence-corrected chi connectivity index (χ2v) is 6.81. The largest absolute Gasteiger partial charge is 0.353 e. The minimum Gasteiger partial charge on any atom is -0.353 e. The van der Waals surface area contributed by atoms with Crippen molar-refractivity contribution >= 4 is 17.7 Å². The predicted molar refractivity (Wildman–Crippen MR) is 100.0 cm³/mol. The number of hydrogen-bond donors (Lipinski definition) is 0. The molecule has 7 nitrogen and oxygen atoms in total. The Morgan fingerprint density at radius 2 is 1.50 bits per heavy atom. The van der Waals surface area contributed by atoms with Crippen LogP contribution >= 0.6 is 0 Å². The molecule has 1 amide bonds. The molecule has 0 unspecified atom stereocenters. The van der Waals surface area contributed by atoms with E-state index in [9.17, 15) is 4.79 Å². The highest BCUT2D eigenvalue weighted by atomic mass is 16.2. The maximum atomic E-state index is 12.9. The van der Waals surface area contributed by atoms with Gasteiger partial charge in [-0.25, -0.2) is 15.0 Å². The van der Waals surface area contributed by atoms with E-state index in [1.165, 1.54) is 0 Å². The van der Waals surface area contributed by atoms with Crippen LogP contribution in [-0.2, 0) is 4.79 Å². The monoisotopic (exact) mass is 352 g/mol.